The Balaban J connectivity index is 1.14. The third-order valence-electron chi connectivity index (χ3n) is 12.0. The van der Waals surface area contributed by atoms with Gasteiger partial charge in [-0.2, -0.15) is 0 Å². The Hall–Kier alpha value is -8.22. The lowest BCUT2D eigenvalue weighted by Gasteiger charge is -2.15. The summed E-state index contributed by atoms with van der Waals surface area (Å²) in [6, 6.07) is 68.3. The van der Waals surface area contributed by atoms with E-state index in [1.54, 1.807) is 0 Å². The molecule has 0 atom stereocenters. The molecule has 0 saturated carbocycles. The summed E-state index contributed by atoms with van der Waals surface area (Å²) in [6.07, 6.45) is 0. The first-order valence-corrected chi connectivity index (χ1v) is 20.2. The third kappa shape index (κ3) is 4.82. The SMILES string of the molecule is c1ccc2cc(-c3nc4ccccc4nc3-n3c4ccccc4c4c5c6ccccc6n(-c6nc7ccccc7nc6-c6ccc7ccccc7c6)c5ccc43)ccc2c1. The molecule has 0 spiro atoms. The zero-order valence-electron chi connectivity index (χ0n) is 32.2. The predicted molar refractivity (Wildman–Crippen MR) is 247 cm³/mol. The molecule has 278 valence electrons. The van der Waals surface area contributed by atoms with E-state index in [1.165, 1.54) is 10.8 Å². The van der Waals surface area contributed by atoms with Crippen LogP contribution in [-0.4, -0.2) is 29.1 Å². The van der Waals surface area contributed by atoms with Crippen LogP contribution in [0.4, 0.5) is 0 Å². The molecule has 4 aromatic heterocycles. The van der Waals surface area contributed by atoms with Gasteiger partial charge in [0.05, 0.1) is 44.1 Å². The first kappa shape index (κ1) is 32.8. The van der Waals surface area contributed by atoms with Gasteiger partial charge in [-0.05, 0) is 82.2 Å². The van der Waals surface area contributed by atoms with Gasteiger partial charge in [0.2, 0.25) is 0 Å². The summed E-state index contributed by atoms with van der Waals surface area (Å²) in [4.78, 5) is 21.6. The van der Waals surface area contributed by atoms with Gasteiger partial charge in [0.1, 0.15) is 11.4 Å². The van der Waals surface area contributed by atoms with Crippen LogP contribution in [0.5, 0.6) is 0 Å². The van der Waals surface area contributed by atoms with E-state index in [2.05, 4.69) is 155 Å². The van der Waals surface area contributed by atoms with E-state index in [9.17, 15) is 0 Å². The number of hydrogen-bond donors (Lipinski definition) is 0. The number of aromatic nitrogens is 6. The lowest BCUT2D eigenvalue weighted by molar-refractivity contribution is 1.07. The van der Waals surface area contributed by atoms with Crippen molar-refractivity contribution in [3.05, 3.63) is 194 Å². The van der Waals surface area contributed by atoms with Crippen LogP contribution in [0.2, 0.25) is 0 Å². The predicted octanol–water partition coefficient (Wildman–Crippen LogP) is 13.4. The van der Waals surface area contributed by atoms with Crippen LogP contribution in [0.15, 0.2) is 194 Å². The third-order valence-corrected chi connectivity index (χ3v) is 12.0. The van der Waals surface area contributed by atoms with Gasteiger partial charge in [0.15, 0.2) is 11.6 Å². The van der Waals surface area contributed by atoms with Crippen LogP contribution >= 0.6 is 0 Å². The highest BCUT2D eigenvalue weighted by Crippen LogP contribution is 2.44. The number of hydrogen-bond acceptors (Lipinski definition) is 4. The minimum atomic E-state index is 0.789. The second kappa shape index (κ2) is 12.6. The minimum Gasteiger partial charge on any atom is -0.292 e. The Kier molecular flexibility index (Phi) is 6.91. The van der Waals surface area contributed by atoms with Crippen molar-refractivity contribution in [1.29, 1.82) is 0 Å². The van der Waals surface area contributed by atoms with E-state index in [0.717, 1.165) is 111 Å². The standard InChI is InChI=1S/C54H32N6/c1-3-15-35-31-37(27-25-33(35)13-1)51-53(57-43-21-9-7-19-41(43)55-51)59-45-23-11-5-17-39(45)49-47(59)29-30-48-50(49)40-18-6-12-24-46(40)60(48)54-52(56-42-20-8-10-22-44(42)58-54)38-28-26-34-14-2-4-16-36(34)32-38/h1-32H. The molecule has 0 amide bonds. The maximum atomic E-state index is 5.44. The highest BCUT2D eigenvalue weighted by atomic mass is 15.1. The zero-order valence-corrected chi connectivity index (χ0v) is 32.2. The van der Waals surface area contributed by atoms with Crippen LogP contribution in [0.25, 0.3) is 121 Å². The van der Waals surface area contributed by atoms with E-state index < -0.39 is 0 Å². The van der Waals surface area contributed by atoms with E-state index >= 15 is 0 Å². The van der Waals surface area contributed by atoms with Crippen LogP contribution in [0, 0.1) is 0 Å². The average molecular weight is 765 g/mol. The number of rotatable bonds is 4. The number of nitrogens with zero attached hydrogens (tertiary/aromatic N) is 6. The summed E-state index contributed by atoms with van der Waals surface area (Å²) in [5, 5.41) is 9.27. The molecule has 0 aliphatic heterocycles. The molecule has 4 heterocycles. The Morgan fingerprint density at radius 1 is 0.283 bits per heavy atom. The van der Waals surface area contributed by atoms with Gasteiger partial charge in [-0.15, -0.1) is 0 Å². The maximum absolute atomic E-state index is 5.44. The molecule has 6 heteroatoms. The number of benzene rings is 9. The summed E-state index contributed by atoms with van der Waals surface area (Å²) in [5.41, 5.74) is 11.3. The van der Waals surface area contributed by atoms with Crippen LogP contribution < -0.4 is 0 Å². The van der Waals surface area contributed by atoms with E-state index in [1.807, 2.05) is 48.5 Å². The van der Waals surface area contributed by atoms with Crippen molar-refractivity contribution in [2.75, 3.05) is 0 Å². The Labute approximate surface area is 343 Å². The van der Waals surface area contributed by atoms with Gasteiger partial charge in [0.25, 0.3) is 0 Å². The van der Waals surface area contributed by atoms with Crippen LogP contribution in [-0.2, 0) is 0 Å². The first-order chi connectivity index (χ1) is 29.7. The largest absolute Gasteiger partial charge is 0.292 e. The quantitative estimate of drug-likeness (QED) is 0.179. The topological polar surface area (TPSA) is 61.4 Å². The van der Waals surface area contributed by atoms with E-state index in [-0.39, 0.29) is 0 Å². The Morgan fingerprint density at radius 3 is 1.10 bits per heavy atom. The fourth-order valence-electron chi connectivity index (χ4n) is 9.33. The van der Waals surface area contributed by atoms with Crippen molar-refractivity contribution >= 4 is 87.2 Å². The molecular formula is C54H32N6. The lowest BCUT2D eigenvalue weighted by Crippen LogP contribution is -2.04. The summed E-state index contributed by atoms with van der Waals surface area (Å²) < 4.78 is 4.63. The molecule has 0 N–H and O–H groups in total. The second-order valence-corrected chi connectivity index (χ2v) is 15.5. The molecule has 6 nitrogen and oxygen atoms in total. The van der Waals surface area contributed by atoms with Crippen molar-refractivity contribution in [2.45, 2.75) is 0 Å². The van der Waals surface area contributed by atoms with Crippen molar-refractivity contribution in [3.8, 4) is 34.2 Å². The molecule has 0 aliphatic carbocycles. The monoisotopic (exact) mass is 764 g/mol. The summed E-state index contributed by atoms with van der Waals surface area (Å²) in [6.45, 7) is 0. The van der Waals surface area contributed by atoms with Crippen LogP contribution in [0.1, 0.15) is 0 Å². The fraction of sp³-hybridized carbons (Fsp3) is 0. The van der Waals surface area contributed by atoms with Gasteiger partial charge in [0, 0.05) is 32.7 Å². The highest BCUT2D eigenvalue weighted by Gasteiger charge is 2.25. The van der Waals surface area contributed by atoms with Gasteiger partial charge in [-0.3, -0.25) is 9.13 Å². The highest BCUT2D eigenvalue weighted by molar-refractivity contribution is 6.29. The molecular weight excluding hydrogens is 733 g/mol. The number of fused-ring (bicyclic) bond motifs is 11. The first-order valence-electron chi connectivity index (χ1n) is 20.2. The summed E-state index contributed by atoms with van der Waals surface area (Å²) in [7, 11) is 0. The van der Waals surface area contributed by atoms with Crippen molar-refractivity contribution in [3.63, 3.8) is 0 Å². The van der Waals surface area contributed by atoms with Crippen LogP contribution in [0.3, 0.4) is 0 Å². The molecule has 13 rings (SSSR count). The zero-order chi connectivity index (χ0) is 39.3. The van der Waals surface area contributed by atoms with Gasteiger partial charge < -0.3 is 0 Å². The average Bonchev–Trinajstić information content (AvgIpc) is 3.83. The molecule has 0 unspecified atom stereocenters. The summed E-state index contributed by atoms with van der Waals surface area (Å²) in [5.74, 6) is 1.58. The molecule has 0 bridgehead atoms. The Bertz CT molecular complexity index is 3660. The molecule has 60 heavy (non-hydrogen) atoms. The van der Waals surface area contributed by atoms with Gasteiger partial charge >= 0.3 is 0 Å². The second-order valence-electron chi connectivity index (χ2n) is 15.5. The molecule has 9 aromatic carbocycles. The molecule has 0 aliphatic rings. The fourth-order valence-corrected chi connectivity index (χ4v) is 9.33. The molecule has 0 radical (unpaired) electrons. The van der Waals surface area contributed by atoms with Crippen molar-refractivity contribution in [2.24, 2.45) is 0 Å². The summed E-state index contributed by atoms with van der Waals surface area (Å²) >= 11 is 0. The van der Waals surface area contributed by atoms with Gasteiger partial charge in [-0.25, -0.2) is 19.9 Å². The number of para-hydroxylation sites is 6. The van der Waals surface area contributed by atoms with Crippen molar-refractivity contribution < 1.29 is 0 Å². The van der Waals surface area contributed by atoms with Gasteiger partial charge in [-0.1, -0.05) is 133 Å². The Morgan fingerprint density at radius 2 is 0.650 bits per heavy atom. The smallest absolute Gasteiger partial charge is 0.165 e. The molecule has 0 saturated heterocycles. The molecule has 0 fully saturated rings. The molecule has 13 aromatic rings. The van der Waals surface area contributed by atoms with E-state index in [4.69, 9.17) is 19.9 Å². The van der Waals surface area contributed by atoms with Crippen molar-refractivity contribution in [1.82, 2.24) is 29.1 Å². The maximum Gasteiger partial charge on any atom is 0.165 e. The van der Waals surface area contributed by atoms with E-state index in [0.29, 0.717) is 0 Å². The lowest BCUT2D eigenvalue weighted by atomic mass is 10.0. The normalized spacial score (nSPS) is 12.0. The minimum absolute atomic E-state index is 0.789.